The van der Waals surface area contributed by atoms with Gasteiger partial charge in [-0.3, -0.25) is 9.59 Å². The maximum absolute atomic E-state index is 12.5. The van der Waals surface area contributed by atoms with Gasteiger partial charge in [0.15, 0.2) is 10.4 Å². The van der Waals surface area contributed by atoms with Gasteiger partial charge in [0.1, 0.15) is 0 Å². The summed E-state index contributed by atoms with van der Waals surface area (Å²) in [5.41, 5.74) is 0. The maximum Gasteiger partial charge on any atom is 0.320 e. The van der Waals surface area contributed by atoms with E-state index in [0.29, 0.717) is 30.8 Å². The van der Waals surface area contributed by atoms with Crippen LogP contribution in [0.15, 0.2) is 21.2 Å². The molecule has 2 aliphatic rings. The highest BCUT2D eigenvalue weighted by molar-refractivity contribution is 9.10. The van der Waals surface area contributed by atoms with Gasteiger partial charge in [0.05, 0.1) is 6.54 Å². The molecular formula is C17H23BrN4O4. The van der Waals surface area contributed by atoms with Crippen LogP contribution in [0.25, 0.3) is 0 Å². The lowest BCUT2D eigenvalue weighted by molar-refractivity contribution is -0.131. The Kier molecular flexibility index (Phi) is 6.18. The number of piperazine rings is 1. The smallest absolute Gasteiger partial charge is 0.320 e. The fourth-order valence-electron chi connectivity index (χ4n) is 3.22. The van der Waals surface area contributed by atoms with Crippen molar-refractivity contribution in [1.29, 1.82) is 0 Å². The summed E-state index contributed by atoms with van der Waals surface area (Å²) < 4.78 is 5.61. The number of rotatable bonds is 3. The van der Waals surface area contributed by atoms with Gasteiger partial charge in [-0.05, 0) is 47.3 Å². The average Bonchev–Trinajstić information content (AvgIpc) is 3.12. The molecule has 3 rings (SSSR count). The van der Waals surface area contributed by atoms with E-state index in [1.165, 1.54) is 12.5 Å². The molecule has 2 saturated heterocycles. The molecule has 26 heavy (non-hydrogen) atoms. The number of furan rings is 1. The highest BCUT2D eigenvalue weighted by atomic mass is 79.9. The molecule has 0 radical (unpaired) electrons. The number of carbonyl (C=O) groups is 3. The summed E-state index contributed by atoms with van der Waals surface area (Å²) in [4.78, 5) is 42.1. The number of carbonyl (C=O) groups excluding carboxylic acids is 3. The summed E-state index contributed by atoms with van der Waals surface area (Å²) in [6.45, 7) is 3.60. The van der Waals surface area contributed by atoms with E-state index in [2.05, 4.69) is 21.2 Å². The summed E-state index contributed by atoms with van der Waals surface area (Å²) in [6.07, 6.45) is 3.32. The van der Waals surface area contributed by atoms with Crippen LogP contribution in [0.2, 0.25) is 0 Å². The predicted molar refractivity (Wildman–Crippen MR) is 97.7 cm³/mol. The number of likely N-dealkylation sites (tertiary alicyclic amines) is 1. The molecular weight excluding hydrogens is 404 g/mol. The highest BCUT2D eigenvalue weighted by Crippen LogP contribution is 2.14. The quantitative estimate of drug-likeness (QED) is 0.793. The number of urea groups is 1. The van der Waals surface area contributed by atoms with Crippen LogP contribution in [0, 0.1) is 0 Å². The van der Waals surface area contributed by atoms with Gasteiger partial charge in [-0.1, -0.05) is 0 Å². The Morgan fingerprint density at radius 3 is 2.15 bits per heavy atom. The first kappa shape index (κ1) is 18.8. The van der Waals surface area contributed by atoms with Crippen LogP contribution >= 0.6 is 15.9 Å². The molecule has 2 aliphatic heterocycles. The third-order valence-corrected chi connectivity index (χ3v) is 5.15. The van der Waals surface area contributed by atoms with Gasteiger partial charge >= 0.3 is 6.03 Å². The Morgan fingerprint density at radius 2 is 1.54 bits per heavy atom. The molecule has 2 fully saturated rings. The lowest BCUT2D eigenvalue weighted by Crippen LogP contribution is -2.55. The fraction of sp³-hybridized carbons (Fsp3) is 0.588. The lowest BCUT2D eigenvalue weighted by atomic mass is 10.1. The Hall–Kier alpha value is -2.03. The number of hydrogen-bond acceptors (Lipinski definition) is 4. The van der Waals surface area contributed by atoms with E-state index in [4.69, 9.17) is 4.42 Å². The minimum absolute atomic E-state index is 0.0773. The number of hydrogen-bond donors (Lipinski definition) is 1. The molecule has 4 amide bonds. The number of halogens is 1. The van der Waals surface area contributed by atoms with E-state index >= 15 is 0 Å². The molecule has 0 saturated carbocycles. The van der Waals surface area contributed by atoms with E-state index in [0.717, 1.165) is 25.9 Å². The first-order valence-electron chi connectivity index (χ1n) is 8.90. The molecule has 0 spiro atoms. The molecule has 142 valence electrons. The highest BCUT2D eigenvalue weighted by Gasteiger charge is 2.28. The van der Waals surface area contributed by atoms with E-state index in [1.807, 2.05) is 9.80 Å². The van der Waals surface area contributed by atoms with E-state index < -0.39 is 5.91 Å². The fourth-order valence-corrected chi connectivity index (χ4v) is 3.53. The third-order valence-electron chi connectivity index (χ3n) is 4.73. The molecule has 1 aromatic heterocycles. The summed E-state index contributed by atoms with van der Waals surface area (Å²) in [5.74, 6) is -0.432. The van der Waals surface area contributed by atoms with Crippen molar-refractivity contribution in [2.45, 2.75) is 19.3 Å². The molecule has 1 N–H and O–H groups in total. The van der Waals surface area contributed by atoms with E-state index in [9.17, 15) is 14.4 Å². The molecule has 0 aliphatic carbocycles. The van der Waals surface area contributed by atoms with Crippen molar-refractivity contribution in [3.8, 4) is 0 Å². The van der Waals surface area contributed by atoms with Crippen molar-refractivity contribution in [3.05, 3.63) is 22.6 Å². The standard InChI is InChI=1S/C17H23BrN4O4/c18-14-5-4-13(26-14)16(24)19-12-15(23)20-8-10-22(11-9-20)17(25)21-6-2-1-3-7-21/h4-5H,1-3,6-12H2,(H,19,24). The van der Waals surface area contributed by atoms with Crippen LogP contribution < -0.4 is 5.32 Å². The summed E-state index contributed by atoms with van der Waals surface area (Å²) in [6, 6.07) is 3.23. The Balaban J connectivity index is 1.41. The van der Waals surface area contributed by atoms with Gasteiger partial charge in [-0.15, -0.1) is 0 Å². The first-order chi connectivity index (χ1) is 12.5. The SMILES string of the molecule is O=C(NCC(=O)N1CCN(C(=O)N2CCCCC2)CC1)c1ccc(Br)o1. The van der Waals surface area contributed by atoms with Crippen LogP contribution in [-0.4, -0.2) is 78.4 Å². The number of amides is 4. The maximum atomic E-state index is 12.5. The van der Waals surface area contributed by atoms with Crippen LogP contribution in [0.4, 0.5) is 4.79 Å². The van der Waals surface area contributed by atoms with Gasteiger partial charge in [0.25, 0.3) is 5.91 Å². The molecule has 0 bridgehead atoms. The number of piperidine rings is 1. The van der Waals surface area contributed by atoms with Crippen LogP contribution in [-0.2, 0) is 4.79 Å². The van der Waals surface area contributed by atoms with Gasteiger partial charge in [-0.2, -0.15) is 0 Å². The van der Waals surface area contributed by atoms with E-state index in [1.54, 1.807) is 11.0 Å². The van der Waals surface area contributed by atoms with Crippen LogP contribution in [0.1, 0.15) is 29.8 Å². The van der Waals surface area contributed by atoms with Crippen LogP contribution in [0.3, 0.4) is 0 Å². The zero-order valence-corrected chi connectivity index (χ0v) is 16.2. The lowest BCUT2D eigenvalue weighted by Gasteiger charge is -2.38. The van der Waals surface area contributed by atoms with Gasteiger partial charge in [0, 0.05) is 39.3 Å². The summed E-state index contributed by atoms with van der Waals surface area (Å²) in [5, 5.41) is 2.56. The molecule has 0 unspecified atom stereocenters. The molecule has 9 heteroatoms. The minimum atomic E-state index is -0.428. The summed E-state index contributed by atoms with van der Waals surface area (Å²) >= 11 is 3.13. The van der Waals surface area contributed by atoms with Gasteiger partial charge in [-0.25, -0.2) is 4.79 Å². The average molecular weight is 427 g/mol. The third kappa shape index (κ3) is 4.57. The van der Waals surface area contributed by atoms with Crippen molar-refractivity contribution < 1.29 is 18.8 Å². The van der Waals surface area contributed by atoms with Crippen LogP contribution in [0.5, 0.6) is 0 Å². The van der Waals surface area contributed by atoms with Gasteiger partial charge in [0.2, 0.25) is 5.91 Å². The van der Waals surface area contributed by atoms with Crippen molar-refractivity contribution in [1.82, 2.24) is 20.0 Å². The summed E-state index contributed by atoms with van der Waals surface area (Å²) in [7, 11) is 0. The van der Waals surface area contributed by atoms with Crippen molar-refractivity contribution in [2.75, 3.05) is 45.8 Å². The van der Waals surface area contributed by atoms with Crippen molar-refractivity contribution in [3.63, 3.8) is 0 Å². The molecule has 1 aromatic rings. The molecule has 8 nitrogen and oxygen atoms in total. The van der Waals surface area contributed by atoms with Crippen molar-refractivity contribution in [2.24, 2.45) is 0 Å². The zero-order valence-electron chi connectivity index (χ0n) is 14.6. The first-order valence-corrected chi connectivity index (χ1v) is 9.69. The second kappa shape index (κ2) is 8.57. The minimum Gasteiger partial charge on any atom is -0.444 e. The Morgan fingerprint density at radius 1 is 0.923 bits per heavy atom. The monoisotopic (exact) mass is 426 g/mol. The van der Waals surface area contributed by atoms with Gasteiger partial charge < -0.3 is 24.4 Å². The predicted octanol–water partition coefficient (Wildman–Crippen LogP) is 1.52. The molecule has 3 heterocycles. The van der Waals surface area contributed by atoms with Crippen molar-refractivity contribution >= 4 is 33.8 Å². The second-order valence-corrected chi connectivity index (χ2v) is 7.27. The molecule has 0 aromatic carbocycles. The van der Waals surface area contributed by atoms with E-state index in [-0.39, 0.29) is 24.2 Å². The largest absolute Gasteiger partial charge is 0.444 e. The number of nitrogens with zero attached hydrogens (tertiary/aromatic N) is 3. The molecule has 0 atom stereocenters. The zero-order chi connectivity index (χ0) is 18.5. The second-order valence-electron chi connectivity index (χ2n) is 6.48. The number of nitrogens with one attached hydrogen (secondary N) is 1. The topological polar surface area (TPSA) is 86.1 Å². The Labute approximate surface area is 160 Å². The Bertz CT molecular complexity index is 663. The normalized spacial score (nSPS) is 18.0.